The van der Waals surface area contributed by atoms with Gasteiger partial charge < -0.3 is 10.4 Å². The van der Waals surface area contributed by atoms with E-state index in [-0.39, 0.29) is 5.60 Å². The van der Waals surface area contributed by atoms with E-state index in [2.05, 4.69) is 12.2 Å². The minimum absolute atomic E-state index is 0.365. The zero-order chi connectivity index (χ0) is 8.60. The average Bonchev–Trinajstić information content (AvgIpc) is 2.59. The molecule has 3 atom stereocenters. The van der Waals surface area contributed by atoms with Crippen molar-refractivity contribution in [1.29, 1.82) is 0 Å². The van der Waals surface area contributed by atoms with Gasteiger partial charge in [-0.2, -0.15) is 0 Å². The van der Waals surface area contributed by atoms with Crippen molar-refractivity contribution in [1.82, 2.24) is 5.32 Å². The van der Waals surface area contributed by atoms with Gasteiger partial charge in [0, 0.05) is 6.04 Å². The molecule has 1 saturated heterocycles. The summed E-state index contributed by atoms with van der Waals surface area (Å²) in [5.74, 6) is 0.720. The Labute approximate surface area is 74.4 Å². The maximum absolute atomic E-state index is 10.3. The van der Waals surface area contributed by atoms with E-state index >= 15 is 0 Å². The normalized spacial score (nSPS) is 48.5. The van der Waals surface area contributed by atoms with Crippen molar-refractivity contribution in [2.24, 2.45) is 5.92 Å². The zero-order valence-corrected chi connectivity index (χ0v) is 7.84. The van der Waals surface area contributed by atoms with Crippen molar-refractivity contribution in [2.75, 3.05) is 6.54 Å². The van der Waals surface area contributed by atoms with Crippen molar-refractivity contribution in [3.05, 3.63) is 0 Å². The number of rotatable bonds is 1. The molecule has 0 bridgehead atoms. The minimum atomic E-state index is -0.365. The lowest BCUT2D eigenvalue weighted by Gasteiger charge is -2.29. The molecular weight excluding hydrogens is 150 g/mol. The molecule has 2 N–H and O–H groups in total. The van der Waals surface area contributed by atoms with Gasteiger partial charge in [0.1, 0.15) is 0 Å². The average molecular weight is 169 g/mol. The number of nitrogens with one attached hydrogen (secondary N) is 1. The summed E-state index contributed by atoms with van der Waals surface area (Å²) in [4.78, 5) is 0. The minimum Gasteiger partial charge on any atom is -0.388 e. The molecule has 1 saturated carbocycles. The van der Waals surface area contributed by atoms with Crippen LogP contribution < -0.4 is 5.32 Å². The Bertz CT molecular complexity index is 165. The smallest absolute Gasteiger partial charge is 0.0802 e. The van der Waals surface area contributed by atoms with Gasteiger partial charge in [-0.25, -0.2) is 0 Å². The van der Waals surface area contributed by atoms with E-state index in [0.29, 0.717) is 6.04 Å². The third-order valence-electron chi connectivity index (χ3n) is 3.48. The molecule has 3 unspecified atom stereocenters. The maximum atomic E-state index is 10.3. The Hall–Kier alpha value is -0.0800. The largest absolute Gasteiger partial charge is 0.388 e. The van der Waals surface area contributed by atoms with Crippen LogP contribution in [-0.4, -0.2) is 23.3 Å². The number of hydrogen-bond acceptors (Lipinski definition) is 2. The van der Waals surface area contributed by atoms with Crippen LogP contribution in [0.2, 0.25) is 0 Å². The summed E-state index contributed by atoms with van der Waals surface area (Å²) in [6, 6.07) is 0.391. The fourth-order valence-electron chi connectivity index (χ4n) is 2.76. The van der Waals surface area contributed by atoms with E-state index in [1.165, 1.54) is 19.3 Å². The summed E-state index contributed by atoms with van der Waals surface area (Å²) in [6.45, 7) is 3.34. The van der Waals surface area contributed by atoms with Crippen LogP contribution in [0.3, 0.4) is 0 Å². The molecule has 0 aromatic carbocycles. The van der Waals surface area contributed by atoms with Crippen LogP contribution in [0.15, 0.2) is 0 Å². The third-order valence-corrected chi connectivity index (χ3v) is 3.48. The van der Waals surface area contributed by atoms with Gasteiger partial charge in [0.05, 0.1) is 5.60 Å². The molecule has 2 fully saturated rings. The first-order chi connectivity index (χ1) is 5.71. The molecule has 12 heavy (non-hydrogen) atoms. The quantitative estimate of drug-likeness (QED) is 0.620. The lowest BCUT2D eigenvalue weighted by Crippen LogP contribution is -2.45. The van der Waals surface area contributed by atoms with Crippen molar-refractivity contribution < 1.29 is 5.11 Å². The van der Waals surface area contributed by atoms with E-state index in [0.717, 1.165) is 25.3 Å². The Balaban J connectivity index is 2.00. The van der Waals surface area contributed by atoms with Crippen LogP contribution >= 0.6 is 0 Å². The molecule has 0 spiro atoms. The van der Waals surface area contributed by atoms with Gasteiger partial charge in [-0.15, -0.1) is 0 Å². The van der Waals surface area contributed by atoms with Gasteiger partial charge >= 0.3 is 0 Å². The molecule has 2 rings (SSSR count). The van der Waals surface area contributed by atoms with Crippen molar-refractivity contribution in [3.63, 3.8) is 0 Å². The van der Waals surface area contributed by atoms with Gasteiger partial charge in [-0.1, -0.05) is 6.92 Å². The van der Waals surface area contributed by atoms with Crippen LogP contribution in [0.5, 0.6) is 0 Å². The van der Waals surface area contributed by atoms with Crippen molar-refractivity contribution in [3.8, 4) is 0 Å². The van der Waals surface area contributed by atoms with Crippen LogP contribution in [0.25, 0.3) is 0 Å². The number of hydrogen-bond donors (Lipinski definition) is 2. The first-order valence-corrected chi connectivity index (χ1v) is 5.16. The van der Waals surface area contributed by atoms with E-state index in [1.54, 1.807) is 0 Å². The Morgan fingerprint density at radius 1 is 1.42 bits per heavy atom. The predicted molar refractivity (Wildman–Crippen MR) is 49.0 cm³/mol. The fourth-order valence-corrected chi connectivity index (χ4v) is 2.76. The van der Waals surface area contributed by atoms with E-state index < -0.39 is 0 Å². The van der Waals surface area contributed by atoms with Crippen LogP contribution in [-0.2, 0) is 0 Å². The molecule has 2 heteroatoms. The Morgan fingerprint density at radius 3 is 2.75 bits per heavy atom. The van der Waals surface area contributed by atoms with Crippen molar-refractivity contribution >= 4 is 0 Å². The Kier molecular flexibility index (Phi) is 2.13. The topological polar surface area (TPSA) is 32.3 Å². The molecule has 2 nitrogen and oxygen atoms in total. The summed E-state index contributed by atoms with van der Waals surface area (Å²) < 4.78 is 0. The van der Waals surface area contributed by atoms with E-state index in [4.69, 9.17) is 0 Å². The van der Waals surface area contributed by atoms with Gasteiger partial charge in [0.25, 0.3) is 0 Å². The SMILES string of the molecule is CC1CCC(O)(C2CCCN2)C1. The van der Waals surface area contributed by atoms with Gasteiger partial charge in [-0.05, 0) is 44.6 Å². The van der Waals surface area contributed by atoms with Gasteiger partial charge in [0.2, 0.25) is 0 Å². The highest BCUT2D eigenvalue weighted by atomic mass is 16.3. The highest BCUT2D eigenvalue weighted by Gasteiger charge is 2.42. The first kappa shape index (κ1) is 8.52. The second-order valence-corrected chi connectivity index (χ2v) is 4.60. The molecule has 0 amide bonds. The summed E-state index contributed by atoms with van der Waals surface area (Å²) in [6.07, 6.45) is 5.62. The van der Waals surface area contributed by atoms with Gasteiger partial charge in [-0.3, -0.25) is 0 Å². The number of aliphatic hydroxyl groups is 1. The van der Waals surface area contributed by atoms with Crippen LogP contribution in [0.1, 0.15) is 39.0 Å². The van der Waals surface area contributed by atoms with Gasteiger partial charge in [0.15, 0.2) is 0 Å². The second kappa shape index (κ2) is 3.00. The first-order valence-electron chi connectivity index (χ1n) is 5.16. The predicted octanol–water partition coefficient (Wildman–Crippen LogP) is 1.29. The van der Waals surface area contributed by atoms with Crippen LogP contribution in [0.4, 0.5) is 0 Å². The summed E-state index contributed by atoms with van der Waals surface area (Å²) >= 11 is 0. The standard InChI is InChI=1S/C10H19NO/c1-8-4-5-10(12,7-8)9-3-2-6-11-9/h8-9,11-12H,2-7H2,1H3. The van der Waals surface area contributed by atoms with Crippen LogP contribution in [0, 0.1) is 5.92 Å². The molecule has 1 aliphatic heterocycles. The van der Waals surface area contributed by atoms with E-state index in [1.807, 2.05) is 0 Å². The lowest BCUT2D eigenvalue weighted by atomic mass is 9.90. The fraction of sp³-hybridized carbons (Fsp3) is 1.00. The zero-order valence-electron chi connectivity index (χ0n) is 7.84. The Morgan fingerprint density at radius 2 is 2.25 bits per heavy atom. The summed E-state index contributed by atoms with van der Waals surface area (Å²) in [5, 5.41) is 13.7. The molecule has 2 aliphatic rings. The molecule has 0 radical (unpaired) electrons. The lowest BCUT2D eigenvalue weighted by molar-refractivity contribution is 0.0112. The highest BCUT2D eigenvalue weighted by Crippen LogP contribution is 2.38. The van der Waals surface area contributed by atoms with E-state index in [9.17, 15) is 5.11 Å². The molecule has 70 valence electrons. The highest BCUT2D eigenvalue weighted by molar-refractivity contribution is 4.99. The molecule has 0 aromatic rings. The molecule has 1 aliphatic carbocycles. The molecule has 0 aromatic heterocycles. The summed E-state index contributed by atoms with van der Waals surface area (Å²) in [7, 11) is 0. The monoisotopic (exact) mass is 169 g/mol. The maximum Gasteiger partial charge on any atom is 0.0802 e. The third kappa shape index (κ3) is 1.38. The summed E-state index contributed by atoms with van der Waals surface area (Å²) in [5.41, 5.74) is -0.365. The second-order valence-electron chi connectivity index (χ2n) is 4.60. The van der Waals surface area contributed by atoms with Crippen molar-refractivity contribution in [2.45, 2.75) is 50.7 Å². The molecule has 1 heterocycles. The molecular formula is C10H19NO.